The number of fused-ring (bicyclic) bond motifs is 1. The molecule has 1 fully saturated rings. The molecule has 4 rings (SSSR count). The van der Waals surface area contributed by atoms with Crippen molar-refractivity contribution in [2.24, 2.45) is 5.73 Å². The Kier molecular flexibility index (Phi) is 2.14. The molecule has 1 aromatic carbocycles. The number of hydrogen-bond acceptors (Lipinski definition) is 5. The van der Waals surface area contributed by atoms with Gasteiger partial charge in [-0.15, -0.1) is 0 Å². The molecule has 0 atom stereocenters. The predicted octanol–water partition coefficient (Wildman–Crippen LogP) is 1.53. The van der Waals surface area contributed by atoms with Crippen LogP contribution in [0.3, 0.4) is 0 Å². The van der Waals surface area contributed by atoms with Crippen molar-refractivity contribution >= 4 is 11.1 Å². The summed E-state index contributed by atoms with van der Waals surface area (Å²) in [5.74, 6) is 0.218. The molecule has 0 aliphatic heterocycles. The molecule has 1 saturated carbocycles. The summed E-state index contributed by atoms with van der Waals surface area (Å²) in [5.41, 5.74) is 8.63. The highest BCUT2D eigenvalue weighted by molar-refractivity contribution is 5.78. The van der Waals surface area contributed by atoms with Gasteiger partial charge in [0, 0.05) is 11.8 Å². The summed E-state index contributed by atoms with van der Waals surface area (Å²) in [4.78, 5) is 22.6. The molecular formula is C14H12N4O2. The number of hydrogen-bond donors (Lipinski definition) is 2. The zero-order chi connectivity index (χ0) is 13.7. The van der Waals surface area contributed by atoms with E-state index in [0.717, 1.165) is 24.1 Å². The van der Waals surface area contributed by atoms with Gasteiger partial charge in [0.05, 0.1) is 16.7 Å². The monoisotopic (exact) mass is 268 g/mol. The number of benzene rings is 1. The molecule has 1 aliphatic carbocycles. The summed E-state index contributed by atoms with van der Waals surface area (Å²) in [6, 6.07) is 7.28. The van der Waals surface area contributed by atoms with Crippen LogP contribution in [0.5, 0.6) is 0 Å². The first-order chi connectivity index (χ1) is 9.64. The standard InChI is InChI=1S/C14H12N4O2/c15-14(4-5-14)12-16-6-3-9(17-12)8-1-2-11-10(7-8)18-13(19)20-11/h1-3,6-7H,4-5,15H2,(H,18,19). The van der Waals surface area contributed by atoms with Crippen molar-refractivity contribution in [3.63, 3.8) is 0 Å². The van der Waals surface area contributed by atoms with Crippen LogP contribution in [-0.4, -0.2) is 15.0 Å². The summed E-state index contributed by atoms with van der Waals surface area (Å²) in [6.45, 7) is 0. The fraction of sp³-hybridized carbons (Fsp3) is 0.214. The average molecular weight is 268 g/mol. The number of nitrogens with one attached hydrogen (secondary N) is 1. The molecule has 6 heteroatoms. The number of rotatable bonds is 2. The number of oxazole rings is 1. The molecule has 20 heavy (non-hydrogen) atoms. The summed E-state index contributed by atoms with van der Waals surface area (Å²) in [6.07, 6.45) is 3.56. The van der Waals surface area contributed by atoms with Gasteiger partial charge in [-0.25, -0.2) is 14.8 Å². The molecule has 2 heterocycles. The Morgan fingerprint density at radius 2 is 2.15 bits per heavy atom. The Balaban J connectivity index is 1.83. The molecule has 0 unspecified atom stereocenters. The van der Waals surface area contributed by atoms with Gasteiger partial charge in [-0.1, -0.05) is 0 Å². The lowest BCUT2D eigenvalue weighted by molar-refractivity contribution is 0.555. The van der Waals surface area contributed by atoms with Crippen molar-refractivity contribution in [1.82, 2.24) is 15.0 Å². The maximum absolute atomic E-state index is 11.2. The first-order valence-corrected chi connectivity index (χ1v) is 6.40. The minimum Gasteiger partial charge on any atom is -0.408 e. The summed E-state index contributed by atoms with van der Waals surface area (Å²) in [7, 11) is 0. The van der Waals surface area contributed by atoms with Crippen LogP contribution in [0.25, 0.3) is 22.4 Å². The van der Waals surface area contributed by atoms with Crippen LogP contribution in [-0.2, 0) is 5.54 Å². The Hall–Kier alpha value is -2.47. The van der Waals surface area contributed by atoms with Gasteiger partial charge < -0.3 is 10.2 Å². The lowest BCUT2D eigenvalue weighted by Crippen LogP contribution is -2.22. The predicted molar refractivity (Wildman–Crippen MR) is 73.0 cm³/mol. The fourth-order valence-corrected chi connectivity index (χ4v) is 2.23. The van der Waals surface area contributed by atoms with Crippen LogP contribution >= 0.6 is 0 Å². The van der Waals surface area contributed by atoms with Crippen LogP contribution in [0.2, 0.25) is 0 Å². The molecular weight excluding hydrogens is 256 g/mol. The van der Waals surface area contributed by atoms with Crippen molar-refractivity contribution < 1.29 is 4.42 Å². The van der Waals surface area contributed by atoms with E-state index < -0.39 is 5.76 Å². The minimum atomic E-state index is -0.459. The molecule has 3 aromatic rings. The van der Waals surface area contributed by atoms with Gasteiger partial charge in [-0.3, -0.25) is 4.98 Å². The largest absolute Gasteiger partial charge is 0.417 e. The van der Waals surface area contributed by atoms with Gasteiger partial charge in [-0.2, -0.15) is 0 Å². The van der Waals surface area contributed by atoms with Crippen LogP contribution in [0.4, 0.5) is 0 Å². The lowest BCUT2D eigenvalue weighted by atomic mass is 10.1. The molecule has 0 saturated heterocycles. The van der Waals surface area contributed by atoms with Crippen molar-refractivity contribution in [2.75, 3.05) is 0 Å². The van der Waals surface area contributed by atoms with Gasteiger partial charge >= 0.3 is 5.76 Å². The van der Waals surface area contributed by atoms with E-state index >= 15 is 0 Å². The highest BCUT2D eigenvalue weighted by atomic mass is 16.4. The second kappa shape index (κ2) is 3.77. The van der Waals surface area contributed by atoms with E-state index in [0.29, 0.717) is 16.9 Å². The fourth-order valence-electron chi connectivity index (χ4n) is 2.23. The van der Waals surface area contributed by atoms with E-state index in [1.807, 2.05) is 18.2 Å². The van der Waals surface area contributed by atoms with Gasteiger partial charge in [0.15, 0.2) is 5.58 Å². The molecule has 0 amide bonds. The van der Waals surface area contributed by atoms with E-state index in [4.69, 9.17) is 10.2 Å². The Labute approximate surface area is 113 Å². The van der Waals surface area contributed by atoms with Gasteiger partial charge in [-0.05, 0) is 37.1 Å². The first kappa shape index (κ1) is 11.4. The van der Waals surface area contributed by atoms with Crippen molar-refractivity contribution in [3.05, 3.63) is 46.8 Å². The smallest absolute Gasteiger partial charge is 0.408 e. The van der Waals surface area contributed by atoms with Crippen molar-refractivity contribution in [1.29, 1.82) is 0 Å². The topological polar surface area (TPSA) is 97.8 Å². The Morgan fingerprint density at radius 3 is 2.95 bits per heavy atom. The Bertz CT molecular complexity index is 861. The molecule has 6 nitrogen and oxygen atoms in total. The van der Waals surface area contributed by atoms with Crippen LogP contribution in [0.15, 0.2) is 39.7 Å². The molecule has 2 aromatic heterocycles. The third-order valence-electron chi connectivity index (χ3n) is 3.60. The number of aromatic amines is 1. The van der Waals surface area contributed by atoms with Gasteiger partial charge in [0.2, 0.25) is 0 Å². The first-order valence-electron chi connectivity index (χ1n) is 6.40. The number of nitrogens with zero attached hydrogens (tertiary/aromatic N) is 2. The molecule has 100 valence electrons. The highest BCUT2D eigenvalue weighted by Crippen LogP contribution is 2.41. The molecule has 1 aliphatic rings. The van der Waals surface area contributed by atoms with E-state index in [-0.39, 0.29) is 5.54 Å². The minimum absolute atomic E-state index is 0.357. The number of aromatic nitrogens is 3. The molecule has 3 N–H and O–H groups in total. The average Bonchev–Trinajstić information content (AvgIpc) is 3.09. The van der Waals surface area contributed by atoms with Crippen LogP contribution in [0.1, 0.15) is 18.7 Å². The second-order valence-corrected chi connectivity index (χ2v) is 5.15. The lowest BCUT2D eigenvalue weighted by Gasteiger charge is -2.08. The Morgan fingerprint density at radius 1 is 1.30 bits per heavy atom. The zero-order valence-corrected chi connectivity index (χ0v) is 10.6. The van der Waals surface area contributed by atoms with Crippen molar-refractivity contribution in [2.45, 2.75) is 18.4 Å². The van der Waals surface area contributed by atoms with Crippen LogP contribution in [0, 0.1) is 0 Å². The maximum atomic E-state index is 11.2. The third-order valence-corrected chi connectivity index (χ3v) is 3.60. The molecule has 0 bridgehead atoms. The third kappa shape index (κ3) is 1.73. The SMILES string of the molecule is NC1(c2nccc(-c3ccc4oc(=O)[nH]c4c3)n2)CC1. The van der Waals surface area contributed by atoms with Gasteiger partial charge in [0.25, 0.3) is 0 Å². The van der Waals surface area contributed by atoms with E-state index in [9.17, 15) is 4.79 Å². The van der Waals surface area contributed by atoms with E-state index in [1.165, 1.54) is 0 Å². The zero-order valence-electron chi connectivity index (χ0n) is 10.6. The highest BCUT2D eigenvalue weighted by Gasteiger charge is 2.43. The van der Waals surface area contributed by atoms with E-state index in [2.05, 4.69) is 15.0 Å². The number of H-pyrrole nitrogens is 1. The molecule has 0 radical (unpaired) electrons. The second-order valence-electron chi connectivity index (χ2n) is 5.15. The van der Waals surface area contributed by atoms with E-state index in [1.54, 1.807) is 12.3 Å². The molecule has 0 spiro atoms. The number of nitrogens with two attached hydrogens (primary N) is 1. The normalized spacial score (nSPS) is 16.4. The summed E-state index contributed by atoms with van der Waals surface area (Å²) < 4.78 is 4.98. The maximum Gasteiger partial charge on any atom is 0.417 e. The van der Waals surface area contributed by atoms with Crippen molar-refractivity contribution in [3.8, 4) is 11.3 Å². The summed E-state index contributed by atoms with van der Waals surface area (Å²) >= 11 is 0. The van der Waals surface area contributed by atoms with Crippen LogP contribution < -0.4 is 11.5 Å². The van der Waals surface area contributed by atoms with Gasteiger partial charge in [0.1, 0.15) is 5.82 Å². The summed E-state index contributed by atoms with van der Waals surface area (Å²) in [5, 5.41) is 0. The quantitative estimate of drug-likeness (QED) is 0.734.